The quantitative estimate of drug-likeness (QED) is 0.0585. The maximum absolute atomic E-state index is 14.6. The van der Waals surface area contributed by atoms with Gasteiger partial charge in [-0.3, -0.25) is 33.6 Å². The zero-order valence-corrected chi connectivity index (χ0v) is 36.9. The van der Waals surface area contributed by atoms with Crippen molar-refractivity contribution in [3.63, 3.8) is 0 Å². The minimum Gasteiger partial charge on any atom is -0.481 e. The van der Waals surface area contributed by atoms with Crippen LogP contribution in [0.5, 0.6) is 0 Å². The van der Waals surface area contributed by atoms with Gasteiger partial charge in [-0.25, -0.2) is 0 Å². The molecule has 0 bridgehead atoms. The smallest absolute Gasteiger partial charge is 0.308 e. The van der Waals surface area contributed by atoms with Crippen LogP contribution in [-0.4, -0.2) is 88.7 Å². The molecule has 1 aliphatic heterocycles. The number of carboxylic acid groups (broad SMARTS) is 1. The topological polar surface area (TPSA) is 203 Å². The Kier molecular flexibility index (Phi) is 17.3. The molecule has 1 saturated heterocycles. The highest BCUT2D eigenvalue weighted by atomic mass is 16.4. The highest BCUT2D eigenvalue weighted by Crippen LogP contribution is 2.21. The Balaban J connectivity index is 1.22. The number of hydrogen-bond donors (Lipinski definition) is 6. The van der Waals surface area contributed by atoms with Crippen molar-refractivity contribution >= 4 is 47.1 Å². The minimum atomic E-state index is -1.24. The Labute approximate surface area is 384 Å². The Hall–Kier alpha value is -7.61. The fourth-order valence-electron chi connectivity index (χ4n) is 7.79. The Morgan fingerprint density at radius 3 is 1.62 bits per heavy atom. The molecule has 1 unspecified atom stereocenters. The monoisotopic (exact) mass is 892 g/mol. The first-order chi connectivity index (χ1) is 31.9. The Morgan fingerprint density at radius 1 is 0.561 bits per heavy atom. The maximum Gasteiger partial charge on any atom is 0.308 e. The van der Waals surface area contributed by atoms with Gasteiger partial charge in [-0.15, -0.1) is 0 Å². The number of amides is 6. The molecule has 6 rings (SSSR count). The van der Waals surface area contributed by atoms with Crippen LogP contribution in [0.1, 0.15) is 49.3 Å². The van der Waals surface area contributed by atoms with E-state index in [1.807, 2.05) is 97.1 Å². The van der Waals surface area contributed by atoms with E-state index in [2.05, 4.69) is 26.6 Å². The SMILES string of the molecule is C[C@H](NC(=O)[C@@H](Cc1ccccc1)NC(=O)[C@H](Cc1ccc(-c2ccccc2)cc1)NC(=O)[C@@H](CCc1ccccc1)NC(=O)CCC(=O)Nc1ccccc1)C(=O)N1CCC(C(=O)O)C1. The lowest BCUT2D eigenvalue weighted by Crippen LogP contribution is -2.59. The third kappa shape index (κ3) is 14.5. The van der Waals surface area contributed by atoms with E-state index in [4.69, 9.17) is 0 Å². The van der Waals surface area contributed by atoms with Gasteiger partial charge < -0.3 is 36.6 Å². The van der Waals surface area contributed by atoms with Crippen molar-refractivity contribution in [2.75, 3.05) is 18.4 Å². The summed E-state index contributed by atoms with van der Waals surface area (Å²) in [5.74, 6) is -4.99. The number of carbonyl (C=O) groups excluding carboxylic acids is 6. The van der Waals surface area contributed by atoms with Crippen molar-refractivity contribution < 1.29 is 38.7 Å². The van der Waals surface area contributed by atoms with Crippen LogP contribution in [0.4, 0.5) is 5.69 Å². The van der Waals surface area contributed by atoms with E-state index in [-0.39, 0.29) is 51.1 Å². The Bertz CT molecular complexity index is 2420. The van der Waals surface area contributed by atoms with Gasteiger partial charge in [0.25, 0.3) is 0 Å². The Morgan fingerprint density at radius 2 is 1.05 bits per heavy atom. The van der Waals surface area contributed by atoms with E-state index < -0.39 is 65.6 Å². The zero-order chi connectivity index (χ0) is 46.8. The van der Waals surface area contributed by atoms with Gasteiger partial charge in [-0.1, -0.05) is 133 Å². The van der Waals surface area contributed by atoms with E-state index in [9.17, 15) is 38.7 Å². The molecule has 0 saturated carbocycles. The van der Waals surface area contributed by atoms with Crippen LogP contribution in [0.25, 0.3) is 11.1 Å². The number of carbonyl (C=O) groups is 7. The van der Waals surface area contributed by atoms with Gasteiger partial charge in [0.05, 0.1) is 5.92 Å². The normalized spacial score (nSPS) is 15.0. The molecule has 5 aromatic carbocycles. The predicted octanol–water partition coefficient (Wildman–Crippen LogP) is 5.08. The summed E-state index contributed by atoms with van der Waals surface area (Å²) in [6.07, 6.45) is 0.626. The fraction of sp³-hybridized carbons (Fsp3) is 0.288. The maximum atomic E-state index is 14.6. The molecule has 14 heteroatoms. The van der Waals surface area contributed by atoms with Crippen molar-refractivity contribution in [2.24, 2.45) is 5.92 Å². The lowest BCUT2D eigenvalue weighted by Gasteiger charge is -2.27. The lowest BCUT2D eigenvalue weighted by molar-refractivity contribution is -0.142. The van der Waals surface area contributed by atoms with E-state index in [1.165, 1.54) is 11.8 Å². The van der Waals surface area contributed by atoms with Gasteiger partial charge in [0, 0.05) is 44.5 Å². The zero-order valence-electron chi connectivity index (χ0n) is 36.9. The summed E-state index contributed by atoms with van der Waals surface area (Å²) < 4.78 is 0. The summed E-state index contributed by atoms with van der Waals surface area (Å²) >= 11 is 0. The molecule has 0 aromatic heterocycles. The van der Waals surface area contributed by atoms with Crippen LogP contribution < -0.4 is 26.6 Å². The first-order valence-electron chi connectivity index (χ1n) is 22.2. The molecule has 1 heterocycles. The number of anilines is 1. The number of likely N-dealkylation sites (tertiary alicyclic amines) is 1. The van der Waals surface area contributed by atoms with Gasteiger partial charge in [-0.2, -0.15) is 0 Å². The standard InChI is InChI=1S/C52H56N6O8/c1-35(51(64)58-31-30-41(34-58)52(65)66)53-49(62)44(32-37-16-8-3-9-17-37)57-50(63)45(33-38-22-25-40(26-23-38)39-18-10-4-11-19-39)56-48(61)43(27-24-36-14-6-2-7-15-36)55-47(60)29-28-46(59)54-42-20-12-5-13-21-42/h2-23,25-26,35,41,43-45H,24,27-34H2,1H3,(H,53,62)(H,54,59)(H,55,60)(H,56,61)(H,57,63)(H,65,66)/t35-,41?,43+,44+,45-/m0/s1. The molecule has 342 valence electrons. The summed E-state index contributed by atoms with van der Waals surface area (Å²) in [7, 11) is 0. The molecule has 1 aliphatic rings. The molecular weight excluding hydrogens is 837 g/mol. The molecule has 0 aliphatic carbocycles. The second-order valence-electron chi connectivity index (χ2n) is 16.5. The summed E-state index contributed by atoms with van der Waals surface area (Å²) in [5.41, 5.74) is 4.88. The first-order valence-corrected chi connectivity index (χ1v) is 22.2. The number of para-hydroxylation sites is 1. The van der Waals surface area contributed by atoms with Gasteiger partial charge in [-0.05, 0) is 66.1 Å². The average molecular weight is 893 g/mol. The molecule has 0 radical (unpaired) electrons. The largest absolute Gasteiger partial charge is 0.481 e. The van der Waals surface area contributed by atoms with Crippen LogP contribution in [0.3, 0.4) is 0 Å². The summed E-state index contributed by atoms with van der Waals surface area (Å²) in [6, 6.07) is 40.0. The van der Waals surface area contributed by atoms with Gasteiger partial charge >= 0.3 is 5.97 Å². The van der Waals surface area contributed by atoms with E-state index in [0.29, 0.717) is 24.1 Å². The number of rotatable bonds is 21. The average Bonchev–Trinajstić information content (AvgIpc) is 3.84. The van der Waals surface area contributed by atoms with E-state index in [1.54, 1.807) is 48.5 Å². The van der Waals surface area contributed by atoms with Crippen LogP contribution in [0, 0.1) is 5.92 Å². The number of aryl methyl sites for hydroxylation is 1. The number of nitrogens with one attached hydrogen (secondary N) is 5. The lowest BCUT2D eigenvalue weighted by atomic mass is 9.98. The molecule has 6 N–H and O–H groups in total. The van der Waals surface area contributed by atoms with Gasteiger partial charge in [0.1, 0.15) is 24.2 Å². The molecule has 5 atom stereocenters. The summed E-state index contributed by atoms with van der Waals surface area (Å²) in [4.78, 5) is 95.5. The molecule has 66 heavy (non-hydrogen) atoms. The molecular formula is C52H56N6O8. The van der Waals surface area contributed by atoms with Gasteiger partial charge in [0.15, 0.2) is 0 Å². The third-order valence-corrected chi connectivity index (χ3v) is 11.5. The summed E-state index contributed by atoms with van der Waals surface area (Å²) in [5, 5.41) is 23.5. The number of carboxylic acids is 1. The molecule has 5 aromatic rings. The highest BCUT2D eigenvalue weighted by Gasteiger charge is 2.35. The van der Waals surface area contributed by atoms with Crippen molar-refractivity contribution in [3.05, 3.63) is 162 Å². The molecule has 14 nitrogen and oxygen atoms in total. The van der Waals surface area contributed by atoms with E-state index in [0.717, 1.165) is 22.3 Å². The number of benzene rings is 5. The van der Waals surface area contributed by atoms with Crippen molar-refractivity contribution in [1.29, 1.82) is 0 Å². The predicted molar refractivity (Wildman–Crippen MR) is 251 cm³/mol. The fourth-order valence-corrected chi connectivity index (χ4v) is 7.79. The van der Waals surface area contributed by atoms with Crippen molar-refractivity contribution in [2.45, 2.75) is 76.0 Å². The first kappa shape index (κ1) is 47.9. The number of nitrogens with zero attached hydrogens (tertiary/aromatic N) is 1. The minimum absolute atomic E-state index is 0.0138. The van der Waals surface area contributed by atoms with Crippen LogP contribution in [0.15, 0.2) is 146 Å². The van der Waals surface area contributed by atoms with E-state index >= 15 is 0 Å². The third-order valence-electron chi connectivity index (χ3n) is 11.5. The second kappa shape index (κ2) is 23.9. The van der Waals surface area contributed by atoms with Crippen LogP contribution in [0.2, 0.25) is 0 Å². The molecule has 6 amide bonds. The summed E-state index contributed by atoms with van der Waals surface area (Å²) in [6.45, 7) is 1.78. The number of aliphatic carboxylic acids is 1. The molecule has 1 fully saturated rings. The second-order valence-corrected chi connectivity index (χ2v) is 16.5. The van der Waals surface area contributed by atoms with Gasteiger partial charge in [0.2, 0.25) is 35.4 Å². The molecule has 0 spiro atoms. The van der Waals surface area contributed by atoms with Crippen LogP contribution in [-0.2, 0) is 52.8 Å². The van der Waals surface area contributed by atoms with Crippen molar-refractivity contribution in [1.82, 2.24) is 26.2 Å². The highest BCUT2D eigenvalue weighted by molar-refractivity contribution is 5.97. The van der Waals surface area contributed by atoms with Crippen molar-refractivity contribution in [3.8, 4) is 11.1 Å². The number of hydrogen-bond acceptors (Lipinski definition) is 7. The van der Waals surface area contributed by atoms with Crippen LogP contribution >= 0.6 is 0 Å².